The van der Waals surface area contributed by atoms with E-state index < -0.39 is 147 Å². The molecule has 0 aromatic rings. The molecule has 0 aliphatic carbocycles. The summed E-state index contributed by atoms with van der Waals surface area (Å²) in [5.74, 6) is -6.66. The second kappa shape index (κ2) is 29.4. The summed E-state index contributed by atoms with van der Waals surface area (Å²) in [7, 11) is 0. The van der Waals surface area contributed by atoms with Crippen molar-refractivity contribution >= 4 is 11.9 Å². The predicted molar refractivity (Wildman–Crippen MR) is 244 cm³/mol. The Bertz CT molecular complexity index is 1640. The molecule has 0 radical (unpaired) electrons. The number of carbonyl (C=O) groups excluding carboxylic acids is 1. The Hall–Kier alpha value is -3.44. The first-order chi connectivity index (χ1) is 31.0. The molecule has 0 unspecified atom stereocenters. The average Bonchev–Trinajstić information content (AvgIpc) is 3.23. The van der Waals surface area contributed by atoms with Crippen molar-refractivity contribution in [2.45, 2.75) is 183 Å². The maximum Gasteiger partial charge on any atom is 0.311 e. The number of rotatable bonds is 28. The number of aliphatic carboxylic acids is 1. The number of carboxylic acid groups (broad SMARTS) is 1. The third kappa shape index (κ3) is 20.0. The third-order valence-corrected chi connectivity index (χ3v) is 11.9. The van der Waals surface area contributed by atoms with Crippen LogP contribution in [0.5, 0.6) is 0 Å². The number of allylic oxidation sites excluding steroid dienone is 11. The minimum atomic E-state index is -2.33. The lowest BCUT2D eigenvalue weighted by atomic mass is 9.82. The zero-order valence-electron chi connectivity index (χ0n) is 38.7. The van der Waals surface area contributed by atoms with Gasteiger partial charge in [-0.15, -0.1) is 0 Å². The highest BCUT2D eigenvalue weighted by molar-refractivity contribution is 5.71. The van der Waals surface area contributed by atoms with Gasteiger partial charge in [0.1, 0.15) is 18.1 Å². The SMILES string of the molecule is C=C/C=C/C=C/C=C/C=C/C=C/[C@@H](C[C@@H]1O[C@](O)(C[C@@H](O)C[C@@H](O)[C@H](O)CC[C@@H](O)C[C@@H](O)CC(=O)O[C@@H](C)[C@H](C)[C@H](O)[C@@H](C)/C=C/C)C[C@H](O)[C@H]1C(=O)O)O[C@@H]1O[C@H](C)[C@@H](O)[C@H](N)[C@H]1O. The molecular weight excluding hydrogens is 863 g/mol. The van der Waals surface area contributed by atoms with E-state index in [2.05, 4.69) is 6.58 Å². The van der Waals surface area contributed by atoms with E-state index in [1.54, 1.807) is 74.6 Å². The number of hydrogen-bond donors (Lipinski definition) is 12. The van der Waals surface area contributed by atoms with Crippen LogP contribution in [0.4, 0.5) is 0 Å². The van der Waals surface area contributed by atoms with Crippen LogP contribution >= 0.6 is 0 Å². The van der Waals surface area contributed by atoms with Crippen molar-refractivity contribution in [3.05, 3.63) is 85.6 Å². The van der Waals surface area contributed by atoms with Gasteiger partial charge in [-0.05, 0) is 40.0 Å². The van der Waals surface area contributed by atoms with Gasteiger partial charge in [0.15, 0.2) is 12.1 Å². The number of carboxylic acids is 1. The highest BCUT2D eigenvalue weighted by Crippen LogP contribution is 2.38. The smallest absolute Gasteiger partial charge is 0.311 e. The molecule has 66 heavy (non-hydrogen) atoms. The molecule has 2 heterocycles. The van der Waals surface area contributed by atoms with Crippen LogP contribution in [0.3, 0.4) is 0 Å². The summed E-state index contributed by atoms with van der Waals surface area (Å²) in [6.07, 6.45) is 1.60. The first-order valence-corrected chi connectivity index (χ1v) is 22.6. The molecule has 2 saturated heterocycles. The molecule has 2 aliphatic heterocycles. The van der Waals surface area contributed by atoms with Crippen molar-refractivity contribution in [1.82, 2.24) is 0 Å². The fourth-order valence-corrected chi connectivity index (χ4v) is 7.92. The van der Waals surface area contributed by atoms with Crippen LogP contribution in [0.2, 0.25) is 0 Å². The van der Waals surface area contributed by atoms with Crippen molar-refractivity contribution < 1.29 is 84.7 Å². The Kier molecular flexibility index (Phi) is 26.2. The molecule has 19 atom stereocenters. The molecule has 2 fully saturated rings. The van der Waals surface area contributed by atoms with E-state index in [0.717, 1.165) is 0 Å². The van der Waals surface area contributed by atoms with Crippen LogP contribution < -0.4 is 5.73 Å². The van der Waals surface area contributed by atoms with Crippen molar-refractivity contribution in [2.75, 3.05) is 0 Å². The van der Waals surface area contributed by atoms with Crippen LogP contribution in [0, 0.1) is 17.8 Å². The molecule has 18 nitrogen and oxygen atoms in total. The Morgan fingerprint density at radius 2 is 1.44 bits per heavy atom. The van der Waals surface area contributed by atoms with Gasteiger partial charge < -0.3 is 80.9 Å². The van der Waals surface area contributed by atoms with Crippen molar-refractivity contribution in [1.29, 1.82) is 0 Å². The Morgan fingerprint density at radius 1 is 0.833 bits per heavy atom. The summed E-state index contributed by atoms with van der Waals surface area (Å²) in [5.41, 5.74) is 6.00. The predicted octanol–water partition coefficient (Wildman–Crippen LogP) is 1.35. The Labute approximate surface area is 388 Å². The van der Waals surface area contributed by atoms with Crippen LogP contribution in [0.15, 0.2) is 85.6 Å². The molecule has 0 aromatic carbocycles. The number of nitrogens with two attached hydrogens (primary N) is 1. The van der Waals surface area contributed by atoms with Gasteiger partial charge in [-0.3, -0.25) is 9.59 Å². The first kappa shape index (κ1) is 58.7. The van der Waals surface area contributed by atoms with Crippen molar-refractivity contribution in [2.24, 2.45) is 23.5 Å². The molecule has 18 heteroatoms. The average molecular weight is 940 g/mol. The third-order valence-electron chi connectivity index (χ3n) is 11.9. The standard InChI is InChI=1S/C48H77NO17/c1-7-9-10-11-12-13-14-15-16-17-19-35(65-47-45(59)42(49)44(58)31(6)64-47)25-39-41(46(60)61)38(55)27-48(62,66-39)26-34(52)23-37(54)36(53)21-20-32(50)22-33(51)24-40(56)63-30(5)29(4)43(57)28(3)18-8-2/h7-19,28-39,41-45,47,50-55,57-59,62H,1,20-27,49H2,2-6H3,(H,60,61)/b10-9+,12-11+,14-13+,16-15+,18-8+,19-17+/t28-,29-,30-,31+,32+,33+,34-,35-,36+,37+,38-,39-,41+,42-,43+,44+,45+,47-,48+/m0/s1. The minimum Gasteiger partial charge on any atom is -0.481 e. The summed E-state index contributed by atoms with van der Waals surface area (Å²) in [4.78, 5) is 24.9. The summed E-state index contributed by atoms with van der Waals surface area (Å²) in [6.45, 7) is 12.2. The monoisotopic (exact) mass is 940 g/mol. The molecule has 0 spiro atoms. The highest BCUT2D eigenvalue weighted by Gasteiger charge is 2.51. The molecule has 0 aromatic heterocycles. The maximum absolute atomic E-state index is 12.5. The normalized spacial score (nSPS) is 31.3. The minimum absolute atomic E-state index is 0.107. The van der Waals surface area contributed by atoms with Crippen LogP contribution in [0.1, 0.15) is 86.0 Å². The van der Waals surface area contributed by atoms with Gasteiger partial charge in [0, 0.05) is 37.5 Å². The summed E-state index contributed by atoms with van der Waals surface area (Å²) >= 11 is 0. The Morgan fingerprint density at radius 3 is 2.03 bits per heavy atom. The van der Waals surface area contributed by atoms with Gasteiger partial charge in [0.25, 0.3) is 0 Å². The molecule has 0 saturated carbocycles. The van der Waals surface area contributed by atoms with Crippen molar-refractivity contribution in [3.8, 4) is 0 Å². The summed E-state index contributed by atoms with van der Waals surface area (Å²) < 4.78 is 23.0. The van der Waals surface area contributed by atoms with Gasteiger partial charge in [-0.1, -0.05) is 99.4 Å². The van der Waals surface area contributed by atoms with Gasteiger partial charge in [-0.25, -0.2) is 0 Å². The number of ether oxygens (including phenoxy) is 4. The summed E-state index contributed by atoms with van der Waals surface area (Å²) in [6, 6.07) is -1.15. The number of hydrogen-bond acceptors (Lipinski definition) is 17. The molecule has 2 aliphatic rings. The fourth-order valence-electron chi connectivity index (χ4n) is 7.92. The van der Waals surface area contributed by atoms with E-state index in [0.29, 0.717) is 0 Å². The highest BCUT2D eigenvalue weighted by atomic mass is 16.7. The topological polar surface area (TPSA) is 320 Å². The van der Waals surface area contributed by atoms with E-state index >= 15 is 0 Å². The lowest BCUT2D eigenvalue weighted by Crippen LogP contribution is -2.61. The quantitative estimate of drug-likeness (QED) is 0.0299. The zero-order chi connectivity index (χ0) is 49.7. The van der Waals surface area contributed by atoms with Gasteiger partial charge in [0.2, 0.25) is 0 Å². The van der Waals surface area contributed by atoms with Crippen LogP contribution in [0.25, 0.3) is 0 Å². The molecule has 0 bridgehead atoms. The Balaban J connectivity index is 2.06. The molecule has 0 amide bonds. The van der Waals surface area contributed by atoms with E-state index in [-0.39, 0.29) is 31.6 Å². The lowest BCUT2D eigenvalue weighted by molar-refractivity contribution is -0.308. The van der Waals surface area contributed by atoms with Crippen molar-refractivity contribution in [3.63, 3.8) is 0 Å². The largest absolute Gasteiger partial charge is 0.481 e. The number of esters is 1. The van der Waals surface area contributed by atoms with Crippen LogP contribution in [-0.4, -0.2) is 166 Å². The van der Waals surface area contributed by atoms with E-state index in [1.807, 2.05) is 26.0 Å². The van der Waals surface area contributed by atoms with E-state index in [4.69, 9.17) is 24.7 Å². The molecular formula is C48H77NO17. The van der Waals surface area contributed by atoms with Gasteiger partial charge in [-0.2, -0.15) is 0 Å². The maximum atomic E-state index is 12.5. The first-order valence-electron chi connectivity index (χ1n) is 22.6. The number of aliphatic hydroxyl groups excluding tert-OH is 9. The second-order valence-electron chi connectivity index (χ2n) is 17.6. The second-order valence-corrected chi connectivity index (χ2v) is 17.6. The van der Waals surface area contributed by atoms with Gasteiger partial charge >= 0.3 is 11.9 Å². The number of carbonyl (C=O) groups is 2. The fraction of sp³-hybridized carbons (Fsp3) is 0.667. The molecule has 376 valence electrons. The molecule has 2 rings (SSSR count). The number of aliphatic hydroxyl groups is 10. The lowest BCUT2D eigenvalue weighted by Gasteiger charge is -2.45. The van der Waals surface area contributed by atoms with E-state index in [1.165, 1.54) is 13.0 Å². The summed E-state index contributed by atoms with van der Waals surface area (Å²) in [5, 5.41) is 118. The molecule has 13 N–H and O–H groups in total. The zero-order valence-corrected chi connectivity index (χ0v) is 38.7. The van der Waals surface area contributed by atoms with Gasteiger partial charge in [0.05, 0.1) is 79.6 Å². The van der Waals surface area contributed by atoms with E-state index in [9.17, 15) is 65.8 Å². The van der Waals surface area contributed by atoms with Crippen LogP contribution in [-0.2, 0) is 28.5 Å².